The monoisotopic (exact) mass is 493 g/mol. The van der Waals surface area contributed by atoms with Gasteiger partial charge in [-0.05, 0) is 29.8 Å². The second-order valence-electron chi connectivity index (χ2n) is 6.54. The van der Waals surface area contributed by atoms with Gasteiger partial charge in [0.05, 0.1) is 39.9 Å². The topological polar surface area (TPSA) is 81.9 Å². The van der Waals surface area contributed by atoms with Crippen molar-refractivity contribution in [3.05, 3.63) is 82.7 Å². The van der Waals surface area contributed by atoms with Gasteiger partial charge in [-0.2, -0.15) is 10.2 Å². The normalized spacial score (nSPS) is 11.3. The van der Waals surface area contributed by atoms with E-state index in [1.165, 1.54) is 65.9 Å². The largest absolute Gasteiger partial charge is 0.573 e. The zero-order chi connectivity index (χ0) is 23.6. The van der Waals surface area contributed by atoms with E-state index in [1.807, 2.05) is 0 Å². The van der Waals surface area contributed by atoms with Gasteiger partial charge in [0.2, 0.25) is 0 Å². The number of aromatic nitrogens is 4. The number of anilines is 1. The van der Waals surface area contributed by atoms with Crippen molar-refractivity contribution in [2.45, 2.75) is 6.36 Å². The lowest BCUT2D eigenvalue weighted by molar-refractivity contribution is -0.274. The molecule has 0 saturated heterocycles. The number of para-hydroxylation sites is 1. The quantitative estimate of drug-likeness (QED) is 0.380. The maximum atomic E-state index is 12.7. The SMILES string of the molecule is O=C(Nc1cnc(-n2nccn2)c(Cl)c1)c1ccc(-c2ccccc2OC(F)(F)F)cc1Cl. The van der Waals surface area contributed by atoms with E-state index >= 15 is 0 Å². The molecule has 0 saturated carbocycles. The van der Waals surface area contributed by atoms with Crippen LogP contribution >= 0.6 is 23.2 Å². The van der Waals surface area contributed by atoms with Crippen molar-refractivity contribution < 1.29 is 22.7 Å². The Kier molecular flexibility index (Phi) is 6.21. The minimum absolute atomic E-state index is 0.0308. The Morgan fingerprint density at radius 1 is 1.00 bits per heavy atom. The minimum Gasteiger partial charge on any atom is -0.405 e. The summed E-state index contributed by atoms with van der Waals surface area (Å²) < 4.78 is 42.2. The molecule has 33 heavy (non-hydrogen) atoms. The molecule has 0 radical (unpaired) electrons. The molecule has 2 heterocycles. The molecular weight excluding hydrogens is 482 g/mol. The van der Waals surface area contributed by atoms with Crippen molar-refractivity contribution in [3.63, 3.8) is 0 Å². The number of ether oxygens (including phenoxy) is 1. The summed E-state index contributed by atoms with van der Waals surface area (Å²) in [7, 11) is 0. The van der Waals surface area contributed by atoms with Gasteiger partial charge in [-0.3, -0.25) is 4.79 Å². The molecule has 0 atom stereocenters. The second-order valence-corrected chi connectivity index (χ2v) is 7.36. The molecule has 12 heteroatoms. The number of halogens is 5. The van der Waals surface area contributed by atoms with Crippen molar-refractivity contribution in [1.29, 1.82) is 0 Å². The number of hydrogen-bond acceptors (Lipinski definition) is 5. The van der Waals surface area contributed by atoms with E-state index in [-0.39, 0.29) is 32.7 Å². The van der Waals surface area contributed by atoms with E-state index < -0.39 is 12.3 Å². The van der Waals surface area contributed by atoms with Gasteiger partial charge < -0.3 is 10.1 Å². The van der Waals surface area contributed by atoms with Gasteiger partial charge in [-0.25, -0.2) is 4.98 Å². The van der Waals surface area contributed by atoms with E-state index in [4.69, 9.17) is 23.2 Å². The fraction of sp³-hybridized carbons (Fsp3) is 0.0476. The predicted octanol–water partition coefficient (Wildman–Crippen LogP) is 5.79. The number of carbonyl (C=O) groups excluding carboxylic acids is 1. The molecule has 0 aliphatic carbocycles. The van der Waals surface area contributed by atoms with Crippen LogP contribution in [0, 0.1) is 0 Å². The van der Waals surface area contributed by atoms with Crippen LogP contribution in [-0.2, 0) is 0 Å². The molecule has 0 fully saturated rings. The molecule has 168 valence electrons. The van der Waals surface area contributed by atoms with Gasteiger partial charge in [0.1, 0.15) is 5.75 Å². The Morgan fingerprint density at radius 2 is 1.73 bits per heavy atom. The Balaban J connectivity index is 1.56. The molecule has 2 aromatic heterocycles. The van der Waals surface area contributed by atoms with Crippen LogP contribution in [0.15, 0.2) is 67.1 Å². The minimum atomic E-state index is -4.85. The van der Waals surface area contributed by atoms with Gasteiger partial charge in [0.25, 0.3) is 5.91 Å². The zero-order valence-corrected chi connectivity index (χ0v) is 17.9. The molecular formula is C21H12Cl2F3N5O2. The number of benzene rings is 2. The van der Waals surface area contributed by atoms with Crippen LogP contribution in [0.25, 0.3) is 16.9 Å². The Bertz CT molecular complexity index is 1310. The van der Waals surface area contributed by atoms with E-state index in [2.05, 4.69) is 25.2 Å². The Labute approximate surface area is 194 Å². The van der Waals surface area contributed by atoms with Gasteiger partial charge in [-0.15, -0.1) is 18.0 Å². The summed E-state index contributed by atoms with van der Waals surface area (Å²) in [5, 5.41) is 10.7. The summed E-state index contributed by atoms with van der Waals surface area (Å²) >= 11 is 12.5. The fourth-order valence-corrected chi connectivity index (χ4v) is 3.46. The molecule has 2 aromatic carbocycles. The summed E-state index contributed by atoms with van der Waals surface area (Å²) in [5.74, 6) is -0.665. The van der Waals surface area contributed by atoms with Crippen molar-refractivity contribution in [3.8, 4) is 22.7 Å². The van der Waals surface area contributed by atoms with Crippen LogP contribution in [-0.4, -0.2) is 32.2 Å². The smallest absolute Gasteiger partial charge is 0.405 e. The maximum absolute atomic E-state index is 12.7. The van der Waals surface area contributed by atoms with E-state index in [0.717, 1.165) is 0 Å². The van der Waals surface area contributed by atoms with Crippen LogP contribution in [0.4, 0.5) is 18.9 Å². The Morgan fingerprint density at radius 3 is 2.39 bits per heavy atom. The summed E-state index contributed by atoms with van der Waals surface area (Å²) in [6.45, 7) is 0. The highest BCUT2D eigenvalue weighted by molar-refractivity contribution is 6.35. The van der Waals surface area contributed by atoms with Crippen LogP contribution in [0.5, 0.6) is 5.75 Å². The van der Waals surface area contributed by atoms with Crippen molar-refractivity contribution in [1.82, 2.24) is 20.0 Å². The Hall–Kier alpha value is -3.63. The number of nitrogens with one attached hydrogen (secondary N) is 1. The number of rotatable bonds is 5. The van der Waals surface area contributed by atoms with E-state index in [0.29, 0.717) is 11.3 Å². The predicted molar refractivity (Wildman–Crippen MR) is 116 cm³/mol. The molecule has 0 unspecified atom stereocenters. The molecule has 4 rings (SSSR count). The average molecular weight is 494 g/mol. The van der Waals surface area contributed by atoms with Gasteiger partial charge in [-0.1, -0.05) is 47.5 Å². The summed E-state index contributed by atoms with van der Waals surface area (Å²) in [5.41, 5.74) is 0.910. The average Bonchev–Trinajstić information content (AvgIpc) is 3.27. The first-order chi connectivity index (χ1) is 15.7. The van der Waals surface area contributed by atoms with Crippen LogP contribution in [0.3, 0.4) is 0 Å². The summed E-state index contributed by atoms with van der Waals surface area (Å²) in [6, 6.07) is 11.3. The molecule has 0 aliphatic heterocycles. The van der Waals surface area contributed by atoms with Crippen LogP contribution in [0.2, 0.25) is 10.0 Å². The number of nitrogens with zero attached hydrogens (tertiary/aromatic N) is 4. The van der Waals surface area contributed by atoms with Crippen LogP contribution in [0.1, 0.15) is 10.4 Å². The lowest BCUT2D eigenvalue weighted by Crippen LogP contribution is -2.17. The number of amides is 1. The summed E-state index contributed by atoms with van der Waals surface area (Å²) in [6.07, 6.45) is -0.548. The van der Waals surface area contributed by atoms with Crippen LogP contribution < -0.4 is 10.1 Å². The van der Waals surface area contributed by atoms with E-state index in [1.54, 1.807) is 6.07 Å². The third-order valence-corrected chi connectivity index (χ3v) is 4.92. The number of carbonyl (C=O) groups is 1. The first-order valence-corrected chi connectivity index (χ1v) is 9.95. The number of pyridine rings is 1. The van der Waals surface area contributed by atoms with Crippen molar-refractivity contribution in [2.75, 3.05) is 5.32 Å². The number of hydrogen-bond donors (Lipinski definition) is 1. The molecule has 0 aliphatic rings. The zero-order valence-electron chi connectivity index (χ0n) is 16.3. The maximum Gasteiger partial charge on any atom is 0.573 e. The highest BCUT2D eigenvalue weighted by Gasteiger charge is 2.32. The fourth-order valence-electron chi connectivity index (χ4n) is 2.96. The van der Waals surface area contributed by atoms with E-state index in [9.17, 15) is 18.0 Å². The van der Waals surface area contributed by atoms with Crippen molar-refractivity contribution >= 4 is 34.8 Å². The summed E-state index contributed by atoms with van der Waals surface area (Å²) in [4.78, 5) is 18.1. The molecule has 0 bridgehead atoms. The molecule has 0 spiro atoms. The van der Waals surface area contributed by atoms with Crippen molar-refractivity contribution in [2.24, 2.45) is 0 Å². The first-order valence-electron chi connectivity index (χ1n) is 9.19. The molecule has 4 aromatic rings. The number of alkyl halides is 3. The highest BCUT2D eigenvalue weighted by atomic mass is 35.5. The highest BCUT2D eigenvalue weighted by Crippen LogP contribution is 2.35. The van der Waals surface area contributed by atoms with Gasteiger partial charge >= 0.3 is 6.36 Å². The lowest BCUT2D eigenvalue weighted by Gasteiger charge is -2.14. The molecule has 1 N–H and O–H groups in total. The lowest BCUT2D eigenvalue weighted by atomic mass is 10.0. The van der Waals surface area contributed by atoms with Gasteiger partial charge in [0.15, 0.2) is 5.82 Å². The molecule has 7 nitrogen and oxygen atoms in total. The second kappa shape index (κ2) is 9.08. The first kappa shape index (κ1) is 22.6. The third kappa shape index (κ3) is 5.24. The standard InChI is InChI=1S/C21H12Cl2F3N5O2/c22-16-9-12(14-3-1-2-4-18(14)33-21(24,25)26)5-6-15(16)20(32)30-13-10-17(23)19(27-11-13)31-28-7-8-29-31/h1-11H,(H,30,32). The third-order valence-electron chi connectivity index (χ3n) is 4.33. The molecule has 1 amide bonds. The van der Waals surface area contributed by atoms with Gasteiger partial charge in [0, 0.05) is 5.56 Å².